The molecule has 0 atom stereocenters. The molecule has 110 valence electrons. The van der Waals surface area contributed by atoms with Crippen molar-refractivity contribution in [3.63, 3.8) is 0 Å². The van der Waals surface area contributed by atoms with Crippen LogP contribution < -0.4 is 10.6 Å². The minimum absolute atomic E-state index is 0.228. The molecule has 0 unspecified atom stereocenters. The first-order chi connectivity index (χ1) is 9.93. The molecule has 2 N–H and O–H groups in total. The van der Waals surface area contributed by atoms with Gasteiger partial charge < -0.3 is 10.6 Å². The third-order valence-electron chi connectivity index (χ3n) is 2.97. The summed E-state index contributed by atoms with van der Waals surface area (Å²) >= 11 is 0. The Balaban J connectivity index is 2.85. The van der Waals surface area contributed by atoms with Crippen molar-refractivity contribution in [2.75, 3.05) is 10.6 Å². The first-order valence-corrected chi connectivity index (χ1v) is 6.69. The highest BCUT2D eigenvalue weighted by molar-refractivity contribution is 6.04. The fraction of sp³-hybridized carbons (Fsp3) is 0.312. The number of anilines is 2. The molecular formula is C16H19N3O2. The number of carbonyl (C=O) groups excluding carboxylic acids is 2. The van der Waals surface area contributed by atoms with Gasteiger partial charge in [0.05, 0.1) is 17.4 Å². The van der Waals surface area contributed by atoms with Gasteiger partial charge in [-0.1, -0.05) is 31.6 Å². The second-order valence-electron chi connectivity index (χ2n) is 4.96. The Morgan fingerprint density at radius 2 is 1.81 bits per heavy atom. The summed E-state index contributed by atoms with van der Waals surface area (Å²) in [5.74, 6) is -0.363. The molecule has 0 aromatic heterocycles. The Morgan fingerprint density at radius 1 is 1.24 bits per heavy atom. The zero-order chi connectivity index (χ0) is 15.8. The van der Waals surface area contributed by atoms with Crippen molar-refractivity contribution in [2.24, 2.45) is 5.92 Å². The van der Waals surface area contributed by atoms with Crippen molar-refractivity contribution in [1.82, 2.24) is 0 Å². The van der Waals surface area contributed by atoms with E-state index in [9.17, 15) is 9.59 Å². The summed E-state index contributed by atoms with van der Waals surface area (Å²) in [6.45, 7) is 5.91. The second kappa shape index (κ2) is 7.85. The van der Waals surface area contributed by atoms with E-state index in [1.807, 2.05) is 20.8 Å². The maximum atomic E-state index is 11.9. The van der Waals surface area contributed by atoms with Gasteiger partial charge in [-0.15, -0.1) is 0 Å². The Kier molecular flexibility index (Phi) is 6.15. The van der Waals surface area contributed by atoms with E-state index in [1.54, 1.807) is 36.4 Å². The molecule has 1 aromatic rings. The first kappa shape index (κ1) is 16.4. The van der Waals surface area contributed by atoms with Gasteiger partial charge in [-0.05, 0) is 25.0 Å². The van der Waals surface area contributed by atoms with Crippen LogP contribution in [0.5, 0.6) is 0 Å². The molecule has 0 fully saturated rings. The third kappa shape index (κ3) is 5.49. The number of hydrogen-bond acceptors (Lipinski definition) is 3. The van der Waals surface area contributed by atoms with Crippen molar-refractivity contribution in [3.8, 4) is 6.07 Å². The van der Waals surface area contributed by atoms with Gasteiger partial charge in [0.15, 0.2) is 0 Å². The summed E-state index contributed by atoms with van der Waals surface area (Å²) in [6, 6.07) is 8.64. The number of nitrogens with one attached hydrogen (secondary N) is 2. The Morgan fingerprint density at radius 3 is 2.33 bits per heavy atom. The van der Waals surface area contributed by atoms with E-state index < -0.39 is 5.91 Å². The van der Waals surface area contributed by atoms with Gasteiger partial charge in [0.1, 0.15) is 6.42 Å². The summed E-state index contributed by atoms with van der Waals surface area (Å²) in [6.07, 6.45) is 1.31. The van der Waals surface area contributed by atoms with Crippen molar-refractivity contribution in [1.29, 1.82) is 5.26 Å². The van der Waals surface area contributed by atoms with E-state index in [-0.39, 0.29) is 12.3 Å². The van der Waals surface area contributed by atoms with Crippen molar-refractivity contribution < 1.29 is 9.59 Å². The highest BCUT2D eigenvalue weighted by Gasteiger charge is 2.08. The molecule has 5 heteroatoms. The van der Waals surface area contributed by atoms with Gasteiger partial charge in [0.25, 0.3) is 0 Å². The van der Waals surface area contributed by atoms with Crippen LogP contribution in [0.25, 0.3) is 0 Å². The van der Waals surface area contributed by atoms with Crippen molar-refractivity contribution >= 4 is 23.2 Å². The van der Waals surface area contributed by atoms with Crippen molar-refractivity contribution in [2.45, 2.75) is 27.2 Å². The van der Waals surface area contributed by atoms with E-state index >= 15 is 0 Å². The normalized spacial score (nSPS) is 10.9. The van der Waals surface area contributed by atoms with E-state index in [2.05, 4.69) is 10.6 Å². The number of nitrogens with zero attached hydrogens (tertiary/aromatic N) is 1. The number of nitriles is 1. The van der Waals surface area contributed by atoms with Crippen molar-refractivity contribution in [3.05, 3.63) is 35.9 Å². The topological polar surface area (TPSA) is 82.0 Å². The summed E-state index contributed by atoms with van der Waals surface area (Å²) in [5.41, 5.74) is 1.95. The molecule has 21 heavy (non-hydrogen) atoms. The highest BCUT2D eigenvalue weighted by Crippen LogP contribution is 2.21. The molecule has 0 aliphatic carbocycles. The average molecular weight is 285 g/mol. The van der Waals surface area contributed by atoms with Crippen LogP contribution in [-0.2, 0) is 9.59 Å². The number of rotatable bonds is 5. The lowest BCUT2D eigenvalue weighted by Crippen LogP contribution is -2.15. The fourth-order valence-electron chi connectivity index (χ4n) is 1.51. The molecule has 0 heterocycles. The largest absolute Gasteiger partial charge is 0.323 e. The van der Waals surface area contributed by atoms with E-state index in [1.165, 1.54) is 0 Å². The number of benzene rings is 1. The molecule has 1 rings (SSSR count). The first-order valence-electron chi connectivity index (χ1n) is 6.69. The Labute approximate surface area is 124 Å². The van der Waals surface area contributed by atoms with Gasteiger partial charge in [-0.25, -0.2) is 0 Å². The van der Waals surface area contributed by atoms with Crippen LogP contribution in [0.15, 0.2) is 35.9 Å². The molecule has 0 radical (unpaired) electrons. The quantitative estimate of drug-likeness (QED) is 0.816. The van der Waals surface area contributed by atoms with Crippen LogP contribution in [0, 0.1) is 17.2 Å². The minimum atomic E-state index is -0.409. The molecule has 0 saturated heterocycles. The molecule has 0 bridgehead atoms. The van der Waals surface area contributed by atoms with Gasteiger partial charge in [-0.2, -0.15) is 5.26 Å². The average Bonchev–Trinajstić information content (AvgIpc) is 2.41. The standard InChI is InChI=1S/C16H19N3O2/c1-11(2)12(3)10-16(21)19-14-7-5-4-6-13(14)18-15(20)8-9-17/h4-7,10-11H,8H2,1-3H3,(H,18,20)(H,19,21)/b12-10+. The lowest BCUT2D eigenvalue weighted by molar-refractivity contribution is -0.115. The highest BCUT2D eigenvalue weighted by atomic mass is 16.2. The monoisotopic (exact) mass is 285 g/mol. The molecular weight excluding hydrogens is 266 g/mol. The lowest BCUT2D eigenvalue weighted by Gasteiger charge is -2.11. The number of hydrogen-bond donors (Lipinski definition) is 2. The van der Waals surface area contributed by atoms with Crippen LogP contribution in [0.1, 0.15) is 27.2 Å². The molecule has 0 spiro atoms. The number of carbonyl (C=O) groups is 2. The minimum Gasteiger partial charge on any atom is -0.323 e. The maximum absolute atomic E-state index is 11.9. The number of allylic oxidation sites excluding steroid dienone is 1. The molecule has 1 aromatic carbocycles. The number of para-hydroxylation sites is 2. The van der Waals surface area contributed by atoms with Crippen LogP contribution in [0.2, 0.25) is 0 Å². The van der Waals surface area contributed by atoms with E-state index in [0.29, 0.717) is 17.3 Å². The smallest absolute Gasteiger partial charge is 0.248 e. The van der Waals surface area contributed by atoms with Crippen LogP contribution in [0.3, 0.4) is 0 Å². The zero-order valence-corrected chi connectivity index (χ0v) is 12.4. The molecule has 5 nitrogen and oxygen atoms in total. The predicted molar refractivity (Wildman–Crippen MR) is 82.5 cm³/mol. The van der Waals surface area contributed by atoms with Gasteiger partial charge in [0.2, 0.25) is 11.8 Å². The molecule has 0 aliphatic heterocycles. The van der Waals surface area contributed by atoms with E-state index in [4.69, 9.17) is 5.26 Å². The third-order valence-corrected chi connectivity index (χ3v) is 2.97. The van der Waals surface area contributed by atoms with Gasteiger partial charge in [-0.3, -0.25) is 9.59 Å². The van der Waals surface area contributed by atoms with E-state index in [0.717, 1.165) is 5.57 Å². The molecule has 2 amide bonds. The van der Waals surface area contributed by atoms with Crippen LogP contribution >= 0.6 is 0 Å². The lowest BCUT2D eigenvalue weighted by atomic mass is 10.1. The van der Waals surface area contributed by atoms with Gasteiger partial charge in [0, 0.05) is 6.08 Å². The summed E-state index contributed by atoms with van der Waals surface area (Å²) in [5, 5.41) is 13.8. The summed E-state index contributed by atoms with van der Waals surface area (Å²) in [4.78, 5) is 23.4. The molecule has 0 saturated carbocycles. The maximum Gasteiger partial charge on any atom is 0.248 e. The second-order valence-corrected chi connectivity index (χ2v) is 4.96. The fourth-order valence-corrected chi connectivity index (χ4v) is 1.51. The number of amides is 2. The Hall–Kier alpha value is -2.61. The SMILES string of the molecule is C/C(=C\C(=O)Nc1ccccc1NC(=O)CC#N)C(C)C. The Bertz CT molecular complexity index is 598. The van der Waals surface area contributed by atoms with Crippen LogP contribution in [-0.4, -0.2) is 11.8 Å². The summed E-state index contributed by atoms with van der Waals surface area (Å²) < 4.78 is 0. The summed E-state index contributed by atoms with van der Waals surface area (Å²) in [7, 11) is 0. The zero-order valence-electron chi connectivity index (χ0n) is 12.4. The molecule has 0 aliphatic rings. The van der Waals surface area contributed by atoms with Crippen LogP contribution in [0.4, 0.5) is 11.4 Å². The van der Waals surface area contributed by atoms with Gasteiger partial charge >= 0.3 is 0 Å². The predicted octanol–water partition coefficient (Wildman–Crippen LogP) is 3.08.